The van der Waals surface area contributed by atoms with E-state index in [-0.39, 0.29) is 17.6 Å². The van der Waals surface area contributed by atoms with E-state index in [1.54, 1.807) is 22.7 Å². The normalized spacial score (nSPS) is 12.5. The first-order chi connectivity index (χ1) is 12.0. The third-order valence-corrected chi connectivity index (χ3v) is 4.84. The molecule has 0 radical (unpaired) electrons. The number of aromatic nitrogens is 3. The van der Waals surface area contributed by atoms with E-state index in [9.17, 15) is 8.78 Å². The Balaban J connectivity index is 1.92. The molecule has 3 aromatic rings. The summed E-state index contributed by atoms with van der Waals surface area (Å²) in [6.45, 7) is 1.79. The average Bonchev–Trinajstić information content (AvgIpc) is 2.88. The fraction of sp³-hybridized carbons (Fsp3) is 0.294. The van der Waals surface area contributed by atoms with Crippen molar-refractivity contribution < 1.29 is 8.78 Å². The number of benzene rings is 1. The molecule has 1 atom stereocenters. The SMILES string of the molecule is CC(F)CCc1cc2c(NCc3ccccc3F)nc(Cl)nn2c1Br. The molecule has 132 valence electrons. The Bertz CT molecular complexity index is 898. The van der Waals surface area contributed by atoms with E-state index in [1.165, 1.54) is 13.0 Å². The van der Waals surface area contributed by atoms with Gasteiger partial charge in [0, 0.05) is 12.1 Å². The predicted octanol–water partition coefficient (Wildman–Crippen LogP) is 5.19. The second-order valence-corrected chi connectivity index (χ2v) is 6.84. The number of fused-ring (bicyclic) bond motifs is 1. The topological polar surface area (TPSA) is 42.2 Å². The molecule has 1 aromatic carbocycles. The number of hydrogen-bond acceptors (Lipinski definition) is 3. The van der Waals surface area contributed by atoms with Gasteiger partial charge in [0.1, 0.15) is 15.9 Å². The van der Waals surface area contributed by atoms with Gasteiger partial charge in [-0.15, -0.1) is 5.10 Å². The van der Waals surface area contributed by atoms with Gasteiger partial charge in [-0.2, -0.15) is 4.98 Å². The molecule has 0 saturated heterocycles. The van der Waals surface area contributed by atoms with Crippen molar-refractivity contribution in [3.05, 3.63) is 57.2 Å². The van der Waals surface area contributed by atoms with Crippen LogP contribution in [0.25, 0.3) is 5.52 Å². The summed E-state index contributed by atoms with van der Waals surface area (Å²) < 4.78 is 29.2. The second-order valence-electron chi connectivity index (χ2n) is 5.75. The quantitative estimate of drug-likeness (QED) is 0.586. The highest BCUT2D eigenvalue weighted by Crippen LogP contribution is 2.28. The number of aryl methyl sites for hydroxylation is 1. The molecule has 2 heterocycles. The van der Waals surface area contributed by atoms with Crippen molar-refractivity contribution in [2.75, 3.05) is 5.32 Å². The molecule has 2 aromatic heterocycles. The third kappa shape index (κ3) is 4.10. The molecule has 4 nitrogen and oxygen atoms in total. The smallest absolute Gasteiger partial charge is 0.243 e. The van der Waals surface area contributed by atoms with E-state index in [0.717, 1.165) is 5.56 Å². The van der Waals surface area contributed by atoms with E-state index in [1.807, 2.05) is 6.07 Å². The minimum atomic E-state index is -0.886. The Labute approximate surface area is 157 Å². The van der Waals surface area contributed by atoms with Crippen LogP contribution in [0.3, 0.4) is 0 Å². The van der Waals surface area contributed by atoms with Crippen LogP contribution in [0.15, 0.2) is 34.9 Å². The minimum absolute atomic E-state index is 0.0604. The number of nitrogens with one attached hydrogen (secondary N) is 1. The van der Waals surface area contributed by atoms with Crippen molar-refractivity contribution in [2.24, 2.45) is 0 Å². The van der Waals surface area contributed by atoms with Gasteiger partial charge < -0.3 is 5.32 Å². The van der Waals surface area contributed by atoms with Crippen molar-refractivity contribution in [1.29, 1.82) is 0 Å². The molecule has 8 heteroatoms. The number of nitrogens with zero attached hydrogens (tertiary/aromatic N) is 3. The molecular weight excluding hydrogens is 414 g/mol. The summed E-state index contributed by atoms with van der Waals surface area (Å²) in [6, 6.07) is 8.40. The monoisotopic (exact) mass is 428 g/mol. The molecule has 0 aliphatic rings. The van der Waals surface area contributed by atoms with Crippen molar-refractivity contribution in [3.63, 3.8) is 0 Å². The summed E-state index contributed by atoms with van der Waals surface area (Å²) in [5, 5.41) is 7.33. The number of rotatable bonds is 6. The highest BCUT2D eigenvalue weighted by Gasteiger charge is 2.15. The van der Waals surface area contributed by atoms with Crippen LogP contribution < -0.4 is 5.32 Å². The van der Waals surface area contributed by atoms with Crippen LogP contribution in [0.4, 0.5) is 14.6 Å². The fourth-order valence-electron chi connectivity index (χ4n) is 2.53. The van der Waals surface area contributed by atoms with Crippen LogP contribution in [0.2, 0.25) is 5.28 Å². The first kappa shape index (κ1) is 18.1. The summed E-state index contributed by atoms with van der Waals surface area (Å²) in [5.41, 5.74) is 2.12. The maximum atomic E-state index is 13.8. The van der Waals surface area contributed by atoms with Gasteiger partial charge in [-0.1, -0.05) is 18.2 Å². The number of hydrogen-bond donors (Lipinski definition) is 1. The molecule has 0 fully saturated rings. The van der Waals surface area contributed by atoms with Gasteiger partial charge >= 0.3 is 0 Å². The van der Waals surface area contributed by atoms with Gasteiger partial charge in [0.15, 0.2) is 5.82 Å². The van der Waals surface area contributed by atoms with E-state index < -0.39 is 6.17 Å². The lowest BCUT2D eigenvalue weighted by atomic mass is 10.1. The van der Waals surface area contributed by atoms with Crippen LogP contribution >= 0.6 is 27.5 Å². The highest BCUT2D eigenvalue weighted by atomic mass is 79.9. The third-order valence-electron chi connectivity index (χ3n) is 3.83. The zero-order valence-electron chi connectivity index (χ0n) is 13.4. The summed E-state index contributed by atoms with van der Waals surface area (Å²) >= 11 is 9.49. The van der Waals surface area contributed by atoms with Crippen LogP contribution in [0.1, 0.15) is 24.5 Å². The predicted molar refractivity (Wildman–Crippen MR) is 98.3 cm³/mol. The molecule has 0 aliphatic carbocycles. The molecule has 25 heavy (non-hydrogen) atoms. The van der Waals surface area contributed by atoms with E-state index in [2.05, 4.69) is 31.3 Å². The van der Waals surface area contributed by atoms with E-state index >= 15 is 0 Å². The molecule has 0 aliphatic heterocycles. The summed E-state index contributed by atoms with van der Waals surface area (Å²) in [6.07, 6.45) is 0.0869. The maximum Gasteiger partial charge on any atom is 0.243 e. The molecule has 0 saturated carbocycles. The zero-order chi connectivity index (χ0) is 18.0. The van der Waals surface area contributed by atoms with E-state index in [4.69, 9.17) is 11.6 Å². The van der Waals surface area contributed by atoms with Gasteiger partial charge in [-0.25, -0.2) is 13.3 Å². The molecule has 1 N–H and O–H groups in total. The lowest BCUT2D eigenvalue weighted by molar-refractivity contribution is 0.341. The number of halogens is 4. The highest BCUT2D eigenvalue weighted by molar-refractivity contribution is 9.10. The van der Waals surface area contributed by atoms with Crippen LogP contribution in [-0.2, 0) is 13.0 Å². The van der Waals surface area contributed by atoms with Gasteiger partial charge in [-0.05, 0) is 65.0 Å². The largest absolute Gasteiger partial charge is 0.364 e. The van der Waals surface area contributed by atoms with Crippen molar-refractivity contribution in [3.8, 4) is 0 Å². The first-order valence-electron chi connectivity index (χ1n) is 7.80. The Hall–Kier alpha value is -1.73. The van der Waals surface area contributed by atoms with E-state index in [0.29, 0.717) is 34.3 Å². The molecule has 0 spiro atoms. The Morgan fingerprint density at radius 3 is 2.80 bits per heavy atom. The molecule has 3 rings (SSSR count). The zero-order valence-corrected chi connectivity index (χ0v) is 15.8. The first-order valence-corrected chi connectivity index (χ1v) is 8.98. The Kier molecular flexibility index (Phi) is 5.54. The van der Waals surface area contributed by atoms with Gasteiger partial charge in [0.25, 0.3) is 0 Å². The lowest BCUT2D eigenvalue weighted by Crippen LogP contribution is -2.07. The average molecular weight is 430 g/mol. The number of anilines is 1. The van der Waals surface area contributed by atoms with Crippen LogP contribution in [0.5, 0.6) is 0 Å². The summed E-state index contributed by atoms with van der Waals surface area (Å²) in [5.74, 6) is 0.198. The van der Waals surface area contributed by atoms with Crippen LogP contribution in [-0.4, -0.2) is 20.8 Å². The lowest BCUT2D eigenvalue weighted by Gasteiger charge is -2.08. The van der Waals surface area contributed by atoms with Gasteiger partial charge in [0.05, 0.1) is 6.17 Å². The molecular formula is C17H16BrClF2N4. The van der Waals surface area contributed by atoms with Crippen LogP contribution in [0, 0.1) is 5.82 Å². The van der Waals surface area contributed by atoms with Crippen molar-refractivity contribution in [2.45, 2.75) is 32.5 Å². The molecule has 1 unspecified atom stereocenters. The fourth-order valence-corrected chi connectivity index (χ4v) is 3.27. The summed E-state index contributed by atoms with van der Waals surface area (Å²) in [7, 11) is 0. The Morgan fingerprint density at radius 2 is 2.08 bits per heavy atom. The van der Waals surface area contributed by atoms with Gasteiger partial charge in [0.2, 0.25) is 5.28 Å². The minimum Gasteiger partial charge on any atom is -0.364 e. The van der Waals surface area contributed by atoms with Crippen molar-refractivity contribution >= 4 is 38.9 Å². The standard InChI is InChI=1S/C17H16BrClF2N4/c1-10(20)6-7-11-8-14-16(23-17(19)24-25(14)15(11)18)22-9-12-4-2-3-5-13(12)21/h2-5,8,10H,6-7,9H2,1H3,(H,22,23,24). The number of alkyl halides is 1. The second kappa shape index (κ2) is 7.66. The van der Waals surface area contributed by atoms with Crippen molar-refractivity contribution in [1.82, 2.24) is 14.6 Å². The Morgan fingerprint density at radius 1 is 1.32 bits per heavy atom. The summed E-state index contributed by atoms with van der Waals surface area (Å²) in [4.78, 5) is 4.20. The molecule has 0 bridgehead atoms. The van der Waals surface area contributed by atoms with Gasteiger partial charge in [-0.3, -0.25) is 0 Å². The molecule has 0 amide bonds. The maximum absolute atomic E-state index is 13.8.